The highest BCUT2D eigenvalue weighted by Crippen LogP contribution is 2.48. The molecular weight excluding hydrogens is 562 g/mol. The van der Waals surface area contributed by atoms with Crippen LogP contribution in [0.3, 0.4) is 0 Å². The molecule has 0 saturated carbocycles. The van der Waals surface area contributed by atoms with Gasteiger partial charge in [0.05, 0.1) is 32.5 Å². The molecule has 42 heavy (non-hydrogen) atoms. The average Bonchev–Trinajstić information content (AvgIpc) is 3.58. The van der Waals surface area contributed by atoms with Gasteiger partial charge in [0.2, 0.25) is 17.7 Å². The number of fused-ring (bicyclic) bond motifs is 1. The molecule has 0 spiro atoms. The van der Waals surface area contributed by atoms with Crippen LogP contribution in [0.1, 0.15) is 53.9 Å². The van der Waals surface area contributed by atoms with Crippen LogP contribution in [-0.4, -0.2) is 74.4 Å². The molecule has 0 unspecified atom stereocenters. The lowest BCUT2D eigenvalue weighted by molar-refractivity contribution is 0.0378. The summed E-state index contributed by atoms with van der Waals surface area (Å²) in [6, 6.07) is 5.04. The third kappa shape index (κ3) is 6.43. The van der Waals surface area contributed by atoms with Gasteiger partial charge in [0, 0.05) is 31.3 Å². The average molecular weight is 600 g/mol. The number of nitrogens with one attached hydrogen (secondary N) is 2. The molecule has 11 nitrogen and oxygen atoms in total. The SMILES string of the molecule is COc1nc(NCCCN2CCOCC2)nc(OC)c1NC(=O)c1ccc(Oc2c(Cl)cc(C)c3c2CCC3(C)C)o1. The predicted octanol–water partition coefficient (Wildman–Crippen LogP) is 5.45. The van der Waals surface area contributed by atoms with Crippen LogP contribution in [0, 0.1) is 6.92 Å². The number of carbonyl (C=O) groups is 1. The number of halogens is 1. The Balaban J connectivity index is 1.26. The number of rotatable bonds is 11. The van der Waals surface area contributed by atoms with E-state index >= 15 is 0 Å². The fraction of sp³-hybridized carbons (Fsp3) is 0.500. The number of carbonyl (C=O) groups excluding carboxylic acids is 1. The van der Waals surface area contributed by atoms with Crippen molar-refractivity contribution in [2.75, 3.05) is 64.2 Å². The molecule has 0 bridgehead atoms. The lowest BCUT2D eigenvalue weighted by Gasteiger charge is -2.26. The van der Waals surface area contributed by atoms with Gasteiger partial charge in [0.15, 0.2) is 17.2 Å². The molecule has 1 aromatic carbocycles. The standard InChI is InChI=1S/C30H38ClN5O6/c1-18-17-20(31)25(19-9-10-30(2,3)23(18)19)42-22-8-7-21(41-22)26(37)33-24-27(38-4)34-29(35-28(24)39-5)32-11-6-12-36-13-15-40-16-14-36/h7-8,17H,6,9-16H2,1-5H3,(H,33,37)(H,32,34,35). The Morgan fingerprint density at radius 1 is 1.14 bits per heavy atom. The van der Waals surface area contributed by atoms with E-state index in [9.17, 15) is 4.79 Å². The van der Waals surface area contributed by atoms with Crippen LogP contribution in [0.4, 0.5) is 11.6 Å². The van der Waals surface area contributed by atoms with E-state index in [0.717, 1.165) is 63.2 Å². The third-order valence-electron chi connectivity index (χ3n) is 7.72. The Morgan fingerprint density at radius 3 is 2.55 bits per heavy atom. The molecule has 1 amide bonds. The second-order valence-electron chi connectivity index (χ2n) is 11.1. The van der Waals surface area contributed by atoms with Gasteiger partial charge < -0.3 is 34.0 Å². The van der Waals surface area contributed by atoms with E-state index in [1.165, 1.54) is 25.8 Å². The summed E-state index contributed by atoms with van der Waals surface area (Å²) in [4.78, 5) is 24.3. The summed E-state index contributed by atoms with van der Waals surface area (Å²) < 4.78 is 28.2. The number of anilines is 2. The van der Waals surface area contributed by atoms with E-state index in [1.807, 2.05) is 6.07 Å². The van der Waals surface area contributed by atoms with Gasteiger partial charge in [-0.2, -0.15) is 9.97 Å². The molecule has 3 heterocycles. The lowest BCUT2D eigenvalue weighted by Crippen LogP contribution is -2.37. The summed E-state index contributed by atoms with van der Waals surface area (Å²) in [5.41, 5.74) is 3.69. The number of ether oxygens (including phenoxy) is 4. The largest absolute Gasteiger partial charge is 0.479 e. The number of hydrogen-bond acceptors (Lipinski definition) is 10. The number of nitrogens with zero attached hydrogens (tertiary/aromatic N) is 3. The second-order valence-corrected chi connectivity index (χ2v) is 11.5. The van der Waals surface area contributed by atoms with Crippen molar-refractivity contribution in [3.8, 4) is 23.5 Å². The van der Waals surface area contributed by atoms with E-state index in [1.54, 1.807) is 6.07 Å². The molecule has 1 saturated heterocycles. The first-order chi connectivity index (χ1) is 20.2. The Hall–Kier alpha value is -3.54. The van der Waals surface area contributed by atoms with Crippen molar-refractivity contribution in [3.05, 3.63) is 45.7 Å². The first-order valence-corrected chi connectivity index (χ1v) is 14.5. The molecule has 1 fully saturated rings. The number of furan rings is 1. The number of hydrogen-bond donors (Lipinski definition) is 2. The molecule has 0 atom stereocenters. The molecule has 0 radical (unpaired) electrons. The zero-order valence-corrected chi connectivity index (χ0v) is 25.5. The minimum Gasteiger partial charge on any atom is -0.479 e. The van der Waals surface area contributed by atoms with Gasteiger partial charge in [-0.3, -0.25) is 9.69 Å². The number of aromatic nitrogens is 2. The summed E-state index contributed by atoms with van der Waals surface area (Å²) in [5.74, 6) is 0.843. The third-order valence-corrected chi connectivity index (χ3v) is 8.00. The van der Waals surface area contributed by atoms with Crippen LogP contribution in [0.5, 0.6) is 23.5 Å². The summed E-state index contributed by atoms with van der Waals surface area (Å²) >= 11 is 6.59. The van der Waals surface area contributed by atoms with Crippen molar-refractivity contribution in [3.63, 3.8) is 0 Å². The summed E-state index contributed by atoms with van der Waals surface area (Å²) in [6.45, 7) is 11.5. The van der Waals surface area contributed by atoms with Crippen molar-refractivity contribution in [2.24, 2.45) is 0 Å². The van der Waals surface area contributed by atoms with E-state index in [2.05, 4.69) is 46.3 Å². The van der Waals surface area contributed by atoms with E-state index in [-0.39, 0.29) is 34.6 Å². The minimum atomic E-state index is -0.544. The molecule has 1 aliphatic heterocycles. The van der Waals surface area contributed by atoms with Crippen LogP contribution in [-0.2, 0) is 16.6 Å². The molecule has 1 aliphatic carbocycles. The fourth-order valence-electron chi connectivity index (χ4n) is 5.68. The van der Waals surface area contributed by atoms with Gasteiger partial charge in [-0.05, 0) is 61.4 Å². The van der Waals surface area contributed by atoms with Crippen LogP contribution in [0.2, 0.25) is 5.02 Å². The van der Waals surface area contributed by atoms with E-state index < -0.39 is 5.91 Å². The second kappa shape index (κ2) is 12.8. The van der Waals surface area contributed by atoms with Crippen molar-refractivity contribution < 1.29 is 28.2 Å². The number of methoxy groups -OCH3 is 2. The quantitative estimate of drug-likeness (QED) is 0.275. The van der Waals surface area contributed by atoms with Crippen LogP contribution < -0.4 is 24.8 Å². The smallest absolute Gasteiger partial charge is 0.291 e. The Bertz CT molecular complexity index is 1410. The number of aryl methyl sites for hydroxylation is 1. The molecule has 226 valence electrons. The normalized spacial score (nSPS) is 16.1. The van der Waals surface area contributed by atoms with Crippen LogP contribution in [0.25, 0.3) is 0 Å². The van der Waals surface area contributed by atoms with Gasteiger partial charge in [-0.15, -0.1) is 0 Å². The van der Waals surface area contributed by atoms with Gasteiger partial charge in [-0.1, -0.05) is 25.4 Å². The maximum absolute atomic E-state index is 13.2. The van der Waals surface area contributed by atoms with Crippen molar-refractivity contribution in [1.29, 1.82) is 0 Å². The summed E-state index contributed by atoms with van der Waals surface area (Å²) in [6.07, 6.45) is 2.76. The van der Waals surface area contributed by atoms with Gasteiger partial charge in [-0.25, -0.2) is 0 Å². The van der Waals surface area contributed by atoms with Crippen LogP contribution >= 0.6 is 11.6 Å². The highest BCUT2D eigenvalue weighted by molar-refractivity contribution is 6.32. The molecular formula is C30H38ClN5O6. The van der Waals surface area contributed by atoms with Crippen molar-refractivity contribution in [1.82, 2.24) is 14.9 Å². The Kier molecular flexibility index (Phi) is 9.10. The molecule has 5 rings (SSSR count). The first kappa shape index (κ1) is 29.9. The highest BCUT2D eigenvalue weighted by atomic mass is 35.5. The predicted molar refractivity (Wildman–Crippen MR) is 160 cm³/mol. The summed E-state index contributed by atoms with van der Waals surface area (Å²) in [5, 5.41) is 6.46. The zero-order valence-electron chi connectivity index (χ0n) is 24.8. The van der Waals surface area contributed by atoms with E-state index in [4.69, 9.17) is 35.0 Å². The van der Waals surface area contributed by atoms with E-state index in [0.29, 0.717) is 23.3 Å². The first-order valence-electron chi connectivity index (χ1n) is 14.2. The molecule has 12 heteroatoms. The zero-order chi connectivity index (χ0) is 29.9. The monoisotopic (exact) mass is 599 g/mol. The maximum Gasteiger partial charge on any atom is 0.291 e. The van der Waals surface area contributed by atoms with Gasteiger partial charge in [0.1, 0.15) is 0 Å². The summed E-state index contributed by atoms with van der Waals surface area (Å²) in [7, 11) is 2.92. The molecule has 3 aromatic rings. The Labute approximate surface area is 250 Å². The molecule has 2 N–H and O–H groups in total. The van der Waals surface area contributed by atoms with Crippen molar-refractivity contribution in [2.45, 2.75) is 45.4 Å². The number of morpholine rings is 1. The Morgan fingerprint density at radius 2 is 1.86 bits per heavy atom. The highest BCUT2D eigenvalue weighted by Gasteiger charge is 2.35. The fourth-order valence-corrected chi connectivity index (χ4v) is 6.00. The topological polar surface area (TPSA) is 120 Å². The molecule has 2 aliphatic rings. The number of benzene rings is 1. The minimum absolute atomic E-state index is 0.0274. The number of amides is 1. The molecule has 2 aromatic heterocycles. The van der Waals surface area contributed by atoms with Gasteiger partial charge >= 0.3 is 0 Å². The van der Waals surface area contributed by atoms with Crippen molar-refractivity contribution >= 4 is 29.1 Å². The maximum atomic E-state index is 13.2. The van der Waals surface area contributed by atoms with Crippen LogP contribution in [0.15, 0.2) is 22.6 Å². The lowest BCUT2D eigenvalue weighted by atomic mass is 9.84. The van der Waals surface area contributed by atoms with Gasteiger partial charge in [0.25, 0.3) is 11.9 Å².